The van der Waals surface area contributed by atoms with Crippen LogP contribution in [0.5, 0.6) is 0 Å². The Hall–Kier alpha value is -3.46. The molecule has 32 heavy (non-hydrogen) atoms. The van der Waals surface area contributed by atoms with Crippen molar-refractivity contribution < 1.29 is 9.53 Å². The van der Waals surface area contributed by atoms with Crippen molar-refractivity contribution in [2.45, 2.75) is 6.42 Å². The van der Waals surface area contributed by atoms with Crippen molar-refractivity contribution in [3.8, 4) is 11.3 Å². The van der Waals surface area contributed by atoms with Crippen LogP contribution in [-0.4, -0.2) is 66.9 Å². The SMILES string of the molecule is NC(=O)NC[C@@H]1CCN(c2nc(-c3ccc(N4CCOCC4)cc3)cc3nccnc23)C1. The molecule has 3 N–H and O–H groups in total. The van der Waals surface area contributed by atoms with Gasteiger partial charge in [-0.1, -0.05) is 12.1 Å². The molecule has 3 aromatic rings. The second-order valence-corrected chi connectivity index (χ2v) is 8.25. The van der Waals surface area contributed by atoms with Crippen LogP contribution >= 0.6 is 0 Å². The summed E-state index contributed by atoms with van der Waals surface area (Å²) < 4.78 is 5.46. The van der Waals surface area contributed by atoms with Gasteiger partial charge in [-0.25, -0.2) is 14.8 Å². The van der Waals surface area contributed by atoms with Gasteiger partial charge in [0.1, 0.15) is 5.52 Å². The fraction of sp³-hybridized carbons (Fsp3) is 0.391. The number of amides is 2. The molecule has 0 spiro atoms. The third kappa shape index (κ3) is 4.29. The number of pyridine rings is 1. The Balaban J connectivity index is 1.43. The number of nitrogens with zero attached hydrogens (tertiary/aromatic N) is 5. The van der Waals surface area contributed by atoms with E-state index in [1.807, 2.05) is 6.07 Å². The maximum atomic E-state index is 11.1. The fourth-order valence-electron chi connectivity index (χ4n) is 4.43. The van der Waals surface area contributed by atoms with Gasteiger partial charge in [-0.05, 0) is 30.5 Å². The van der Waals surface area contributed by atoms with Gasteiger partial charge in [0.25, 0.3) is 0 Å². The first-order valence-electron chi connectivity index (χ1n) is 11.0. The van der Waals surface area contributed by atoms with E-state index in [2.05, 4.69) is 49.4 Å². The maximum absolute atomic E-state index is 11.1. The molecule has 0 radical (unpaired) electrons. The Morgan fingerprint density at radius 1 is 1.09 bits per heavy atom. The van der Waals surface area contributed by atoms with Gasteiger partial charge in [0.05, 0.1) is 24.4 Å². The molecule has 0 saturated carbocycles. The van der Waals surface area contributed by atoms with Gasteiger partial charge in [-0.3, -0.25) is 4.98 Å². The van der Waals surface area contributed by atoms with E-state index in [1.54, 1.807) is 12.4 Å². The summed E-state index contributed by atoms with van der Waals surface area (Å²) in [5, 5.41) is 2.72. The molecule has 1 atom stereocenters. The number of fused-ring (bicyclic) bond motifs is 1. The minimum atomic E-state index is -0.486. The number of aromatic nitrogens is 3. The average molecular weight is 434 g/mol. The number of hydrogen-bond acceptors (Lipinski definition) is 7. The van der Waals surface area contributed by atoms with E-state index in [1.165, 1.54) is 5.69 Å². The Labute approximate surface area is 186 Å². The molecule has 0 bridgehead atoms. The number of ether oxygens (including phenoxy) is 1. The van der Waals surface area contributed by atoms with E-state index < -0.39 is 6.03 Å². The summed E-state index contributed by atoms with van der Waals surface area (Å²) in [4.78, 5) is 29.7. The summed E-state index contributed by atoms with van der Waals surface area (Å²) in [6, 6.07) is 10.0. The van der Waals surface area contributed by atoms with Crippen molar-refractivity contribution in [3.63, 3.8) is 0 Å². The van der Waals surface area contributed by atoms with E-state index in [0.29, 0.717) is 12.5 Å². The Kier molecular flexibility index (Phi) is 5.72. The lowest BCUT2D eigenvalue weighted by Crippen LogP contribution is -2.36. The lowest BCUT2D eigenvalue weighted by Gasteiger charge is -2.29. The average Bonchev–Trinajstić information content (AvgIpc) is 3.32. The summed E-state index contributed by atoms with van der Waals surface area (Å²) in [6.45, 7) is 5.56. The van der Waals surface area contributed by atoms with Gasteiger partial charge in [-0.15, -0.1) is 0 Å². The number of carbonyl (C=O) groups is 1. The van der Waals surface area contributed by atoms with E-state index in [0.717, 1.165) is 73.9 Å². The third-order valence-corrected chi connectivity index (χ3v) is 6.13. The monoisotopic (exact) mass is 433 g/mol. The molecule has 4 heterocycles. The summed E-state index contributed by atoms with van der Waals surface area (Å²) in [5.41, 5.74) is 9.96. The highest BCUT2D eigenvalue weighted by Gasteiger charge is 2.26. The van der Waals surface area contributed by atoms with Crippen LogP contribution in [0.15, 0.2) is 42.7 Å². The quantitative estimate of drug-likeness (QED) is 0.633. The van der Waals surface area contributed by atoms with Crippen molar-refractivity contribution in [3.05, 3.63) is 42.7 Å². The van der Waals surface area contributed by atoms with Crippen molar-refractivity contribution >= 4 is 28.6 Å². The molecule has 2 fully saturated rings. The summed E-state index contributed by atoms with van der Waals surface area (Å²) in [6.07, 6.45) is 4.37. The Morgan fingerprint density at radius 2 is 1.88 bits per heavy atom. The number of carbonyl (C=O) groups excluding carboxylic acids is 1. The molecule has 9 heteroatoms. The number of nitrogens with two attached hydrogens (primary N) is 1. The van der Waals surface area contributed by atoms with Crippen molar-refractivity contribution in [2.24, 2.45) is 11.7 Å². The molecule has 1 aromatic carbocycles. The van der Waals surface area contributed by atoms with Crippen LogP contribution in [0, 0.1) is 5.92 Å². The molecule has 9 nitrogen and oxygen atoms in total. The number of hydrogen-bond donors (Lipinski definition) is 2. The number of rotatable bonds is 5. The standard InChI is InChI=1S/C23H27N7O2/c24-23(31)27-14-16-5-8-30(15-16)22-21-20(25-6-7-26-21)13-19(28-22)17-1-3-18(4-2-17)29-9-11-32-12-10-29/h1-4,6-7,13,16H,5,8-12,14-15H2,(H3,24,27,31)/t16-/m0/s1. The summed E-state index contributed by atoms with van der Waals surface area (Å²) in [5.74, 6) is 1.16. The van der Waals surface area contributed by atoms with Crippen LogP contribution in [-0.2, 0) is 4.74 Å². The molecular formula is C23H27N7O2. The molecule has 2 saturated heterocycles. The fourth-order valence-corrected chi connectivity index (χ4v) is 4.43. The van der Waals surface area contributed by atoms with Gasteiger partial charge in [-0.2, -0.15) is 0 Å². The van der Waals surface area contributed by atoms with Crippen LogP contribution in [0.4, 0.5) is 16.3 Å². The normalized spacial score (nSPS) is 18.8. The highest BCUT2D eigenvalue weighted by molar-refractivity contribution is 5.89. The van der Waals surface area contributed by atoms with Crippen LogP contribution in [0.3, 0.4) is 0 Å². The first-order chi connectivity index (χ1) is 15.7. The van der Waals surface area contributed by atoms with Crippen molar-refractivity contribution in [2.75, 3.05) is 55.7 Å². The predicted octanol–water partition coefficient (Wildman–Crippen LogP) is 2.02. The highest BCUT2D eigenvalue weighted by Crippen LogP contribution is 2.31. The lowest BCUT2D eigenvalue weighted by atomic mass is 10.1. The number of benzene rings is 1. The topological polar surface area (TPSA) is 110 Å². The lowest BCUT2D eigenvalue weighted by molar-refractivity contribution is 0.122. The molecular weight excluding hydrogens is 406 g/mol. The zero-order valence-electron chi connectivity index (χ0n) is 17.9. The third-order valence-electron chi connectivity index (χ3n) is 6.13. The summed E-state index contributed by atoms with van der Waals surface area (Å²) >= 11 is 0. The van der Waals surface area contributed by atoms with E-state index >= 15 is 0 Å². The molecule has 166 valence electrons. The van der Waals surface area contributed by atoms with Crippen LogP contribution in [0.1, 0.15) is 6.42 Å². The second kappa shape index (κ2) is 8.96. The minimum absolute atomic E-state index is 0.326. The van der Waals surface area contributed by atoms with Gasteiger partial charge in [0.15, 0.2) is 5.82 Å². The number of primary amides is 1. The Morgan fingerprint density at radius 3 is 2.66 bits per heavy atom. The summed E-state index contributed by atoms with van der Waals surface area (Å²) in [7, 11) is 0. The molecule has 0 aliphatic carbocycles. The largest absolute Gasteiger partial charge is 0.378 e. The highest BCUT2D eigenvalue weighted by atomic mass is 16.5. The molecule has 2 aromatic heterocycles. The molecule has 5 rings (SSSR count). The molecule has 0 unspecified atom stereocenters. The van der Waals surface area contributed by atoms with Crippen molar-refractivity contribution in [1.82, 2.24) is 20.3 Å². The number of urea groups is 1. The molecule has 2 amide bonds. The van der Waals surface area contributed by atoms with Gasteiger partial charge >= 0.3 is 6.03 Å². The first-order valence-corrected chi connectivity index (χ1v) is 11.0. The zero-order valence-corrected chi connectivity index (χ0v) is 17.9. The Bertz CT molecular complexity index is 1100. The second-order valence-electron chi connectivity index (χ2n) is 8.25. The first kappa shape index (κ1) is 20.4. The molecule has 2 aliphatic rings. The molecule has 2 aliphatic heterocycles. The van der Waals surface area contributed by atoms with E-state index in [-0.39, 0.29) is 0 Å². The van der Waals surface area contributed by atoms with Gasteiger partial charge < -0.3 is 25.6 Å². The maximum Gasteiger partial charge on any atom is 0.312 e. The van der Waals surface area contributed by atoms with E-state index in [9.17, 15) is 4.79 Å². The van der Waals surface area contributed by atoms with Crippen molar-refractivity contribution in [1.29, 1.82) is 0 Å². The van der Waals surface area contributed by atoms with Crippen LogP contribution < -0.4 is 20.9 Å². The number of morpholine rings is 1. The minimum Gasteiger partial charge on any atom is -0.378 e. The number of anilines is 2. The number of nitrogens with one attached hydrogen (secondary N) is 1. The zero-order chi connectivity index (χ0) is 21.9. The van der Waals surface area contributed by atoms with Crippen LogP contribution in [0.25, 0.3) is 22.3 Å². The van der Waals surface area contributed by atoms with Gasteiger partial charge in [0, 0.05) is 56.4 Å². The van der Waals surface area contributed by atoms with E-state index in [4.69, 9.17) is 15.5 Å². The predicted molar refractivity (Wildman–Crippen MR) is 124 cm³/mol. The smallest absolute Gasteiger partial charge is 0.312 e. The van der Waals surface area contributed by atoms with Crippen LogP contribution in [0.2, 0.25) is 0 Å². The van der Waals surface area contributed by atoms with Gasteiger partial charge in [0.2, 0.25) is 0 Å².